The SMILES string of the molecule is O=C1COc2ccc(C(=O)NC3(c4ccc(F)cc4F)CCC3)cc2N1. The molecule has 1 saturated carbocycles. The van der Waals surface area contributed by atoms with Crippen molar-refractivity contribution in [3.05, 3.63) is 59.2 Å². The first-order chi connectivity index (χ1) is 12.5. The van der Waals surface area contributed by atoms with E-state index < -0.39 is 23.1 Å². The van der Waals surface area contributed by atoms with Crippen LogP contribution in [0.4, 0.5) is 14.5 Å². The molecule has 2 N–H and O–H groups in total. The van der Waals surface area contributed by atoms with Crippen LogP contribution in [-0.2, 0) is 10.3 Å². The fourth-order valence-electron chi connectivity index (χ4n) is 3.38. The van der Waals surface area contributed by atoms with E-state index in [4.69, 9.17) is 4.74 Å². The first-order valence-electron chi connectivity index (χ1n) is 8.32. The maximum atomic E-state index is 14.2. The van der Waals surface area contributed by atoms with Crippen LogP contribution in [0.25, 0.3) is 0 Å². The molecule has 26 heavy (non-hydrogen) atoms. The number of anilines is 1. The normalized spacial score (nSPS) is 17.4. The fourth-order valence-corrected chi connectivity index (χ4v) is 3.38. The largest absolute Gasteiger partial charge is 0.482 e. The molecule has 5 nitrogen and oxygen atoms in total. The predicted octanol–water partition coefficient (Wildman–Crippen LogP) is 3.10. The number of rotatable bonds is 3. The van der Waals surface area contributed by atoms with Crippen LogP contribution in [-0.4, -0.2) is 18.4 Å². The lowest BCUT2D eigenvalue weighted by atomic mass is 9.71. The standard InChI is InChI=1S/C19H16F2N2O3/c20-12-3-4-13(14(21)9-12)19(6-1-7-19)23-18(25)11-2-5-16-15(8-11)22-17(24)10-26-16/h2-5,8-9H,1,6-7,10H2,(H,22,24)(H,23,25). The molecule has 0 atom stereocenters. The molecule has 2 aliphatic rings. The predicted molar refractivity (Wildman–Crippen MR) is 89.9 cm³/mol. The Morgan fingerprint density at radius 1 is 1.15 bits per heavy atom. The number of ether oxygens (including phenoxy) is 1. The van der Waals surface area contributed by atoms with Gasteiger partial charge in [0.2, 0.25) is 0 Å². The van der Waals surface area contributed by atoms with Crippen molar-refractivity contribution in [2.24, 2.45) is 0 Å². The third-order valence-electron chi connectivity index (χ3n) is 4.88. The van der Waals surface area contributed by atoms with Crippen molar-refractivity contribution in [2.45, 2.75) is 24.8 Å². The van der Waals surface area contributed by atoms with Crippen LogP contribution in [0, 0.1) is 11.6 Å². The topological polar surface area (TPSA) is 67.4 Å². The van der Waals surface area contributed by atoms with Gasteiger partial charge in [0.1, 0.15) is 17.4 Å². The van der Waals surface area contributed by atoms with E-state index in [0.717, 1.165) is 12.5 Å². The molecular formula is C19H16F2N2O3. The average Bonchev–Trinajstić information content (AvgIpc) is 2.58. The van der Waals surface area contributed by atoms with Gasteiger partial charge in [0.15, 0.2) is 6.61 Å². The molecular weight excluding hydrogens is 342 g/mol. The lowest BCUT2D eigenvalue weighted by molar-refractivity contribution is -0.118. The van der Waals surface area contributed by atoms with E-state index in [-0.39, 0.29) is 18.1 Å². The first kappa shape index (κ1) is 16.5. The molecule has 0 aromatic heterocycles. The maximum absolute atomic E-state index is 14.2. The van der Waals surface area contributed by atoms with Crippen molar-refractivity contribution in [1.82, 2.24) is 5.32 Å². The summed E-state index contributed by atoms with van der Waals surface area (Å²) in [5, 5.41) is 5.53. The molecule has 0 unspecified atom stereocenters. The van der Waals surface area contributed by atoms with Crippen molar-refractivity contribution in [2.75, 3.05) is 11.9 Å². The van der Waals surface area contributed by atoms with E-state index in [1.165, 1.54) is 18.2 Å². The Bertz CT molecular complexity index is 910. The van der Waals surface area contributed by atoms with E-state index in [2.05, 4.69) is 10.6 Å². The highest BCUT2D eigenvalue weighted by molar-refractivity contribution is 6.00. The van der Waals surface area contributed by atoms with Gasteiger partial charge in [-0.2, -0.15) is 0 Å². The number of amides is 2. The van der Waals surface area contributed by atoms with Gasteiger partial charge in [-0.25, -0.2) is 8.78 Å². The molecule has 2 aromatic carbocycles. The molecule has 1 fully saturated rings. The Balaban J connectivity index is 1.60. The molecule has 2 aromatic rings. The van der Waals surface area contributed by atoms with E-state index in [1.54, 1.807) is 12.1 Å². The Morgan fingerprint density at radius 3 is 2.65 bits per heavy atom. The summed E-state index contributed by atoms with van der Waals surface area (Å²) < 4.78 is 32.7. The van der Waals surface area contributed by atoms with Crippen LogP contribution in [0.2, 0.25) is 0 Å². The highest BCUT2D eigenvalue weighted by Gasteiger charge is 2.42. The summed E-state index contributed by atoms with van der Waals surface area (Å²) in [4.78, 5) is 24.1. The lowest BCUT2D eigenvalue weighted by Crippen LogP contribution is -2.51. The second-order valence-electron chi connectivity index (χ2n) is 6.56. The van der Waals surface area contributed by atoms with E-state index in [0.29, 0.717) is 29.8 Å². The van der Waals surface area contributed by atoms with Crippen LogP contribution in [0.15, 0.2) is 36.4 Å². The van der Waals surface area contributed by atoms with Crippen LogP contribution < -0.4 is 15.4 Å². The van der Waals surface area contributed by atoms with Crippen molar-refractivity contribution in [1.29, 1.82) is 0 Å². The highest BCUT2D eigenvalue weighted by Crippen LogP contribution is 2.42. The smallest absolute Gasteiger partial charge is 0.262 e. The van der Waals surface area contributed by atoms with Crippen molar-refractivity contribution in [3.63, 3.8) is 0 Å². The maximum Gasteiger partial charge on any atom is 0.262 e. The summed E-state index contributed by atoms with van der Waals surface area (Å²) in [6.45, 7) is -0.0640. The van der Waals surface area contributed by atoms with Crippen LogP contribution >= 0.6 is 0 Å². The number of fused-ring (bicyclic) bond motifs is 1. The summed E-state index contributed by atoms with van der Waals surface area (Å²) >= 11 is 0. The van der Waals surface area contributed by atoms with Gasteiger partial charge in [-0.15, -0.1) is 0 Å². The van der Waals surface area contributed by atoms with Gasteiger partial charge < -0.3 is 15.4 Å². The molecule has 0 spiro atoms. The quantitative estimate of drug-likeness (QED) is 0.886. The van der Waals surface area contributed by atoms with E-state index in [9.17, 15) is 18.4 Å². The third kappa shape index (κ3) is 2.79. The molecule has 0 radical (unpaired) electrons. The van der Waals surface area contributed by atoms with Crippen molar-refractivity contribution in [3.8, 4) is 5.75 Å². The highest BCUT2D eigenvalue weighted by atomic mass is 19.1. The van der Waals surface area contributed by atoms with Crippen LogP contribution in [0.3, 0.4) is 0 Å². The second-order valence-corrected chi connectivity index (χ2v) is 6.56. The first-order valence-corrected chi connectivity index (χ1v) is 8.32. The van der Waals surface area contributed by atoms with E-state index >= 15 is 0 Å². The zero-order chi connectivity index (χ0) is 18.3. The Kier molecular flexibility index (Phi) is 3.86. The molecule has 2 amide bonds. The Hall–Kier alpha value is -2.96. The number of halogens is 2. The molecule has 1 heterocycles. The molecule has 1 aliphatic heterocycles. The summed E-state index contributed by atoms with van der Waals surface area (Å²) in [7, 11) is 0. The number of hydrogen-bond acceptors (Lipinski definition) is 3. The number of carbonyl (C=O) groups is 2. The number of carbonyl (C=O) groups excluding carboxylic acids is 2. The molecule has 7 heteroatoms. The van der Waals surface area contributed by atoms with Gasteiger partial charge in [0.25, 0.3) is 11.8 Å². The molecule has 0 bridgehead atoms. The van der Waals surface area contributed by atoms with Gasteiger partial charge in [-0.3, -0.25) is 9.59 Å². The fraction of sp³-hybridized carbons (Fsp3) is 0.263. The zero-order valence-electron chi connectivity index (χ0n) is 13.8. The van der Waals surface area contributed by atoms with Gasteiger partial charge >= 0.3 is 0 Å². The van der Waals surface area contributed by atoms with Crippen LogP contribution in [0.1, 0.15) is 35.2 Å². The zero-order valence-corrected chi connectivity index (χ0v) is 13.8. The second kappa shape index (κ2) is 6.09. The summed E-state index contributed by atoms with van der Waals surface area (Å²) in [6, 6.07) is 8.11. The number of hydrogen-bond donors (Lipinski definition) is 2. The number of nitrogens with one attached hydrogen (secondary N) is 2. The summed E-state index contributed by atoms with van der Waals surface area (Å²) in [5.41, 5.74) is 0.186. The van der Waals surface area contributed by atoms with Gasteiger partial charge in [0, 0.05) is 17.2 Å². The molecule has 0 saturated heterocycles. The lowest BCUT2D eigenvalue weighted by Gasteiger charge is -2.43. The average molecular weight is 358 g/mol. The Labute approximate surface area is 148 Å². The van der Waals surface area contributed by atoms with Gasteiger partial charge in [-0.05, 0) is 43.5 Å². The monoisotopic (exact) mass is 358 g/mol. The van der Waals surface area contributed by atoms with E-state index in [1.807, 2.05) is 0 Å². The number of benzene rings is 2. The third-order valence-corrected chi connectivity index (χ3v) is 4.88. The Morgan fingerprint density at radius 2 is 1.96 bits per heavy atom. The van der Waals surface area contributed by atoms with Crippen molar-refractivity contribution < 1.29 is 23.1 Å². The molecule has 1 aliphatic carbocycles. The van der Waals surface area contributed by atoms with Gasteiger partial charge in [0.05, 0.1) is 11.2 Å². The minimum atomic E-state index is -0.843. The minimum absolute atomic E-state index is 0.0640. The van der Waals surface area contributed by atoms with Crippen LogP contribution in [0.5, 0.6) is 5.75 Å². The molecule has 134 valence electrons. The summed E-state index contributed by atoms with van der Waals surface area (Å²) in [6.07, 6.45) is 1.99. The minimum Gasteiger partial charge on any atom is -0.482 e. The van der Waals surface area contributed by atoms with Crippen molar-refractivity contribution >= 4 is 17.5 Å². The molecule has 4 rings (SSSR count). The summed E-state index contributed by atoms with van der Waals surface area (Å²) in [5.74, 6) is -1.52. The van der Waals surface area contributed by atoms with Gasteiger partial charge in [-0.1, -0.05) is 6.07 Å².